The number of amides is 3. The number of thioether (sulfide) groups is 1. The van der Waals surface area contributed by atoms with Crippen LogP contribution in [0.25, 0.3) is 5.69 Å². The summed E-state index contributed by atoms with van der Waals surface area (Å²) in [4.78, 5) is 28.8. The standard InChI is InChI=1S/C14H13FN4O2S/c15-10-2-1-3-11(8-10)18-6-5-17-14(18)22-9-12(20)19-7-4-16-13(19)21/h1-3,5-6,8H,4,7,9H2,(H,16,21). The zero-order chi connectivity index (χ0) is 15.5. The molecule has 2 heterocycles. The van der Waals surface area contributed by atoms with Gasteiger partial charge in [-0.05, 0) is 18.2 Å². The lowest BCUT2D eigenvalue weighted by Crippen LogP contribution is -2.35. The van der Waals surface area contributed by atoms with E-state index in [2.05, 4.69) is 10.3 Å². The van der Waals surface area contributed by atoms with E-state index in [0.29, 0.717) is 23.9 Å². The van der Waals surface area contributed by atoms with Gasteiger partial charge in [0.15, 0.2) is 5.16 Å². The molecule has 0 aliphatic carbocycles. The van der Waals surface area contributed by atoms with Crippen molar-refractivity contribution < 1.29 is 14.0 Å². The molecule has 1 aliphatic heterocycles. The molecule has 22 heavy (non-hydrogen) atoms. The first kappa shape index (κ1) is 14.6. The molecule has 0 unspecified atom stereocenters. The molecule has 0 atom stereocenters. The van der Waals surface area contributed by atoms with Gasteiger partial charge in [-0.25, -0.2) is 14.2 Å². The number of carbonyl (C=O) groups excluding carboxylic acids is 2. The van der Waals surface area contributed by atoms with E-state index in [9.17, 15) is 14.0 Å². The van der Waals surface area contributed by atoms with E-state index in [0.717, 1.165) is 0 Å². The monoisotopic (exact) mass is 320 g/mol. The Labute approximate surface area is 130 Å². The molecule has 0 saturated carbocycles. The quantitative estimate of drug-likeness (QED) is 0.870. The summed E-state index contributed by atoms with van der Waals surface area (Å²) in [5.74, 6) is -0.513. The van der Waals surface area contributed by atoms with Gasteiger partial charge in [-0.2, -0.15) is 0 Å². The molecular weight excluding hydrogens is 307 g/mol. The average molecular weight is 320 g/mol. The molecular formula is C14H13FN4O2S. The lowest BCUT2D eigenvalue weighted by atomic mass is 10.3. The van der Waals surface area contributed by atoms with Crippen LogP contribution in [0.2, 0.25) is 0 Å². The molecule has 8 heteroatoms. The van der Waals surface area contributed by atoms with Gasteiger partial charge in [-0.1, -0.05) is 17.8 Å². The molecule has 2 aromatic rings. The zero-order valence-electron chi connectivity index (χ0n) is 11.5. The molecule has 0 spiro atoms. The van der Waals surface area contributed by atoms with E-state index in [4.69, 9.17) is 0 Å². The summed E-state index contributed by atoms with van der Waals surface area (Å²) >= 11 is 1.21. The second-order valence-electron chi connectivity index (χ2n) is 4.63. The molecule has 0 radical (unpaired) electrons. The lowest BCUT2D eigenvalue weighted by molar-refractivity contribution is -0.124. The van der Waals surface area contributed by atoms with Crippen LogP contribution in [0.4, 0.5) is 9.18 Å². The van der Waals surface area contributed by atoms with Crippen molar-refractivity contribution in [3.8, 4) is 5.69 Å². The summed E-state index contributed by atoms with van der Waals surface area (Å²) in [5.41, 5.74) is 0.631. The fourth-order valence-corrected chi connectivity index (χ4v) is 2.98. The van der Waals surface area contributed by atoms with Gasteiger partial charge in [0, 0.05) is 25.5 Å². The molecule has 3 rings (SSSR count). The number of benzene rings is 1. The number of aromatic nitrogens is 2. The molecule has 114 valence electrons. The van der Waals surface area contributed by atoms with E-state index in [-0.39, 0.29) is 23.5 Å². The Morgan fingerprint density at radius 2 is 2.32 bits per heavy atom. The van der Waals surface area contributed by atoms with Crippen molar-refractivity contribution in [2.75, 3.05) is 18.8 Å². The Morgan fingerprint density at radius 3 is 3.05 bits per heavy atom. The first-order chi connectivity index (χ1) is 10.6. The first-order valence-electron chi connectivity index (χ1n) is 6.65. The average Bonchev–Trinajstić information content (AvgIpc) is 3.13. The number of hydrogen-bond donors (Lipinski definition) is 1. The fourth-order valence-electron chi connectivity index (χ4n) is 2.13. The smallest absolute Gasteiger partial charge is 0.324 e. The number of imide groups is 1. The lowest BCUT2D eigenvalue weighted by Gasteiger charge is -2.12. The highest BCUT2D eigenvalue weighted by atomic mass is 32.2. The number of halogens is 1. The summed E-state index contributed by atoms with van der Waals surface area (Å²) in [6.45, 7) is 0.865. The SMILES string of the molecule is O=C(CSc1nccn1-c1cccc(F)c1)N1CCNC1=O. The van der Waals surface area contributed by atoms with Gasteiger partial charge in [0.25, 0.3) is 0 Å². The molecule has 3 amide bonds. The zero-order valence-corrected chi connectivity index (χ0v) is 12.3. The predicted molar refractivity (Wildman–Crippen MR) is 79.4 cm³/mol. The third-order valence-corrected chi connectivity index (χ3v) is 4.13. The fraction of sp³-hybridized carbons (Fsp3) is 0.214. The second-order valence-corrected chi connectivity index (χ2v) is 5.57. The minimum atomic E-state index is -0.362. The van der Waals surface area contributed by atoms with Crippen LogP contribution in [0, 0.1) is 5.82 Å². The third kappa shape index (κ3) is 2.96. The van der Waals surface area contributed by atoms with Gasteiger partial charge in [-0.3, -0.25) is 14.3 Å². The largest absolute Gasteiger partial charge is 0.336 e. The van der Waals surface area contributed by atoms with Gasteiger partial charge < -0.3 is 5.32 Å². The van der Waals surface area contributed by atoms with E-state index in [1.165, 1.54) is 28.8 Å². The van der Waals surface area contributed by atoms with Gasteiger partial charge in [-0.15, -0.1) is 0 Å². The topological polar surface area (TPSA) is 67.2 Å². The van der Waals surface area contributed by atoms with E-state index >= 15 is 0 Å². The van der Waals surface area contributed by atoms with E-state index in [1.807, 2.05) is 0 Å². The summed E-state index contributed by atoms with van der Waals surface area (Å²) in [5, 5.41) is 3.15. The molecule has 0 bridgehead atoms. The van der Waals surface area contributed by atoms with Crippen molar-refractivity contribution in [3.05, 3.63) is 42.5 Å². The van der Waals surface area contributed by atoms with E-state index < -0.39 is 0 Å². The molecule has 1 aromatic heterocycles. The molecule has 6 nitrogen and oxygen atoms in total. The number of urea groups is 1. The maximum Gasteiger partial charge on any atom is 0.324 e. The van der Waals surface area contributed by atoms with Crippen LogP contribution in [-0.2, 0) is 4.79 Å². The van der Waals surface area contributed by atoms with Crippen molar-refractivity contribution in [3.63, 3.8) is 0 Å². The minimum absolute atomic E-state index is 0.0970. The Bertz CT molecular complexity index is 718. The maximum atomic E-state index is 13.3. The highest BCUT2D eigenvalue weighted by Gasteiger charge is 2.26. The van der Waals surface area contributed by atoms with Crippen LogP contribution in [0.5, 0.6) is 0 Å². The summed E-state index contributed by atoms with van der Waals surface area (Å²) in [6.07, 6.45) is 3.28. The van der Waals surface area contributed by atoms with Crippen LogP contribution in [-0.4, -0.2) is 45.2 Å². The van der Waals surface area contributed by atoms with Crippen molar-refractivity contribution in [2.45, 2.75) is 5.16 Å². The van der Waals surface area contributed by atoms with Gasteiger partial charge in [0.05, 0.1) is 11.4 Å². The molecule has 1 aliphatic rings. The van der Waals surface area contributed by atoms with Crippen LogP contribution in [0.15, 0.2) is 41.8 Å². The highest BCUT2D eigenvalue weighted by molar-refractivity contribution is 7.99. The van der Waals surface area contributed by atoms with Crippen molar-refractivity contribution in [1.29, 1.82) is 0 Å². The number of carbonyl (C=O) groups is 2. The van der Waals surface area contributed by atoms with Gasteiger partial charge in [0.2, 0.25) is 5.91 Å². The Hall–Kier alpha value is -2.35. The van der Waals surface area contributed by atoms with Crippen molar-refractivity contribution in [2.24, 2.45) is 0 Å². The second kappa shape index (κ2) is 6.18. The molecule has 1 aromatic carbocycles. The Balaban J connectivity index is 1.70. The van der Waals surface area contributed by atoms with Crippen LogP contribution in [0.3, 0.4) is 0 Å². The van der Waals surface area contributed by atoms with Crippen LogP contribution in [0.1, 0.15) is 0 Å². The van der Waals surface area contributed by atoms with Crippen molar-refractivity contribution in [1.82, 2.24) is 19.8 Å². The Kier molecular flexibility index (Phi) is 4.10. The molecule has 1 saturated heterocycles. The Morgan fingerprint density at radius 1 is 1.45 bits per heavy atom. The van der Waals surface area contributed by atoms with Crippen LogP contribution < -0.4 is 5.32 Å². The number of rotatable bonds is 4. The van der Waals surface area contributed by atoms with Gasteiger partial charge in [0.1, 0.15) is 5.82 Å². The van der Waals surface area contributed by atoms with Crippen LogP contribution >= 0.6 is 11.8 Å². The third-order valence-electron chi connectivity index (χ3n) is 3.18. The number of nitrogens with one attached hydrogen (secondary N) is 1. The molecule has 1 fully saturated rings. The number of imidazole rings is 1. The summed E-state index contributed by atoms with van der Waals surface area (Å²) in [7, 11) is 0. The predicted octanol–water partition coefficient (Wildman–Crippen LogP) is 1.66. The summed E-state index contributed by atoms with van der Waals surface area (Å²) in [6, 6.07) is 5.76. The number of hydrogen-bond acceptors (Lipinski definition) is 4. The normalized spacial score (nSPS) is 14.2. The van der Waals surface area contributed by atoms with Gasteiger partial charge >= 0.3 is 6.03 Å². The minimum Gasteiger partial charge on any atom is -0.336 e. The number of nitrogens with zero attached hydrogens (tertiary/aromatic N) is 3. The van der Waals surface area contributed by atoms with E-state index in [1.54, 1.807) is 29.1 Å². The molecule has 1 N–H and O–H groups in total. The summed E-state index contributed by atoms with van der Waals surface area (Å²) < 4.78 is 15.0. The maximum absolute atomic E-state index is 13.3. The van der Waals surface area contributed by atoms with Crippen molar-refractivity contribution >= 4 is 23.7 Å². The highest BCUT2D eigenvalue weighted by Crippen LogP contribution is 2.21. The first-order valence-corrected chi connectivity index (χ1v) is 7.64.